The van der Waals surface area contributed by atoms with Gasteiger partial charge in [0.1, 0.15) is 0 Å². The van der Waals surface area contributed by atoms with E-state index in [0.717, 1.165) is 19.0 Å². The molecule has 1 aromatic rings. The molecule has 0 aliphatic carbocycles. The highest BCUT2D eigenvalue weighted by molar-refractivity contribution is 5.21. The highest BCUT2D eigenvalue weighted by Crippen LogP contribution is 2.09. The third-order valence-electron chi connectivity index (χ3n) is 3.28. The van der Waals surface area contributed by atoms with Crippen LogP contribution in [0, 0.1) is 12.8 Å². The van der Waals surface area contributed by atoms with Gasteiger partial charge in [-0.15, -0.1) is 0 Å². The summed E-state index contributed by atoms with van der Waals surface area (Å²) in [5.41, 5.74) is 2.72. The summed E-state index contributed by atoms with van der Waals surface area (Å²) in [6.45, 7) is 6.65. The van der Waals surface area contributed by atoms with Crippen molar-refractivity contribution in [1.29, 1.82) is 0 Å². The van der Waals surface area contributed by atoms with Crippen molar-refractivity contribution in [2.75, 3.05) is 19.6 Å². The van der Waals surface area contributed by atoms with Crippen LogP contribution in [-0.4, -0.2) is 19.6 Å². The van der Waals surface area contributed by atoms with Crippen molar-refractivity contribution in [2.45, 2.75) is 26.3 Å². The van der Waals surface area contributed by atoms with Crippen molar-refractivity contribution in [3.63, 3.8) is 0 Å². The second-order valence-electron chi connectivity index (χ2n) is 4.83. The van der Waals surface area contributed by atoms with Crippen molar-refractivity contribution in [3.05, 3.63) is 35.4 Å². The van der Waals surface area contributed by atoms with E-state index in [2.05, 4.69) is 41.8 Å². The molecule has 1 fully saturated rings. The highest BCUT2D eigenvalue weighted by Gasteiger charge is 2.11. The smallest absolute Gasteiger partial charge is 0.0205 e. The minimum Gasteiger partial charge on any atom is -0.316 e. The van der Waals surface area contributed by atoms with Crippen LogP contribution in [0.2, 0.25) is 0 Å². The first-order valence-electron chi connectivity index (χ1n) is 6.31. The fraction of sp³-hybridized carbons (Fsp3) is 0.571. The molecule has 1 atom stereocenters. The second-order valence-corrected chi connectivity index (χ2v) is 4.83. The quantitative estimate of drug-likeness (QED) is 0.808. The third-order valence-corrected chi connectivity index (χ3v) is 3.28. The molecule has 88 valence electrons. The van der Waals surface area contributed by atoms with E-state index < -0.39 is 0 Å². The lowest BCUT2D eigenvalue weighted by molar-refractivity contribution is 0.360. The van der Waals surface area contributed by atoms with Crippen LogP contribution in [0.5, 0.6) is 0 Å². The van der Waals surface area contributed by atoms with Crippen LogP contribution in [0.25, 0.3) is 0 Å². The molecule has 0 unspecified atom stereocenters. The zero-order valence-corrected chi connectivity index (χ0v) is 10.1. The summed E-state index contributed by atoms with van der Waals surface area (Å²) in [4.78, 5) is 0. The molecule has 1 aliphatic heterocycles. The second kappa shape index (κ2) is 6.02. The summed E-state index contributed by atoms with van der Waals surface area (Å²) in [6, 6.07) is 8.78. The van der Waals surface area contributed by atoms with Crippen LogP contribution >= 0.6 is 0 Å². The number of hydrogen-bond donors (Lipinski definition) is 2. The Bertz CT molecular complexity index is 299. The summed E-state index contributed by atoms with van der Waals surface area (Å²) in [5.74, 6) is 0.819. The Morgan fingerprint density at radius 2 is 2.12 bits per heavy atom. The number of piperidine rings is 1. The molecule has 2 heteroatoms. The Balaban J connectivity index is 1.69. The summed E-state index contributed by atoms with van der Waals surface area (Å²) in [7, 11) is 0. The zero-order chi connectivity index (χ0) is 11.2. The van der Waals surface area contributed by atoms with Crippen molar-refractivity contribution < 1.29 is 0 Å². The van der Waals surface area contributed by atoms with Crippen LogP contribution in [0.1, 0.15) is 24.0 Å². The van der Waals surface area contributed by atoms with Gasteiger partial charge >= 0.3 is 0 Å². The zero-order valence-electron chi connectivity index (χ0n) is 10.1. The van der Waals surface area contributed by atoms with E-state index in [1.807, 2.05) is 0 Å². The summed E-state index contributed by atoms with van der Waals surface area (Å²) in [6.07, 6.45) is 2.70. The van der Waals surface area contributed by atoms with Crippen molar-refractivity contribution in [1.82, 2.24) is 10.6 Å². The van der Waals surface area contributed by atoms with Crippen LogP contribution in [-0.2, 0) is 6.54 Å². The van der Waals surface area contributed by atoms with Gasteiger partial charge in [-0.05, 0) is 50.9 Å². The van der Waals surface area contributed by atoms with Gasteiger partial charge < -0.3 is 10.6 Å². The lowest BCUT2D eigenvalue weighted by Gasteiger charge is -2.22. The third kappa shape index (κ3) is 3.62. The van der Waals surface area contributed by atoms with E-state index in [9.17, 15) is 0 Å². The molecule has 16 heavy (non-hydrogen) atoms. The van der Waals surface area contributed by atoms with Gasteiger partial charge in [-0.2, -0.15) is 0 Å². The summed E-state index contributed by atoms with van der Waals surface area (Å²) < 4.78 is 0. The molecule has 0 bridgehead atoms. The molecular weight excluding hydrogens is 196 g/mol. The summed E-state index contributed by atoms with van der Waals surface area (Å²) >= 11 is 0. The Labute approximate surface area is 98.4 Å². The predicted molar refractivity (Wildman–Crippen MR) is 68.5 cm³/mol. The van der Waals surface area contributed by atoms with Gasteiger partial charge in [0.05, 0.1) is 0 Å². The van der Waals surface area contributed by atoms with Crippen molar-refractivity contribution in [3.8, 4) is 0 Å². The van der Waals surface area contributed by atoms with Gasteiger partial charge in [-0.25, -0.2) is 0 Å². The molecule has 0 saturated carbocycles. The van der Waals surface area contributed by atoms with Gasteiger partial charge in [-0.3, -0.25) is 0 Å². The van der Waals surface area contributed by atoms with Crippen molar-refractivity contribution >= 4 is 0 Å². The Hall–Kier alpha value is -0.860. The molecule has 1 heterocycles. The molecule has 2 nitrogen and oxygen atoms in total. The average molecular weight is 218 g/mol. The summed E-state index contributed by atoms with van der Waals surface area (Å²) in [5, 5.41) is 7.00. The number of aryl methyl sites for hydroxylation is 1. The number of nitrogens with one attached hydrogen (secondary N) is 2. The lowest BCUT2D eigenvalue weighted by Crippen LogP contribution is -2.35. The van der Waals surface area contributed by atoms with Gasteiger partial charge in [0.2, 0.25) is 0 Å². The molecule has 2 rings (SSSR count). The Kier molecular flexibility index (Phi) is 4.37. The fourth-order valence-electron chi connectivity index (χ4n) is 2.22. The van der Waals surface area contributed by atoms with E-state index in [0.29, 0.717) is 0 Å². The van der Waals surface area contributed by atoms with Crippen molar-refractivity contribution in [2.24, 2.45) is 5.92 Å². The molecule has 0 amide bonds. The standard InChI is InChI=1S/C14H22N2/c1-12-4-6-13(7-5-12)9-16-11-14-3-2-8-15-10-14/h4-7,14-16H,2-3,8-11H2,1H3/t14-/m0/s1. The Morgan fingerprint density at radius 3 is 2.81 bits per heavy atom. The fourth-order valence-corrected chi connectivity index (χ4v) is 2.22. The van der Waals surface area contributed by atoms with Crippen LogP contribution in [0.4, 0.5) is 0 Å². The molecule has 1 saturated heterocycles. The molecule has 0 aromatic heterocycles. The first-order valence-corrected chi connectivity index (χ1v) is 6.31. The number of rotatable bonds is 4. The van der Waals surface area contributed by atoms with Gasteiger partial charge in [0.15, 0.2) is 0 Å². The van der Waals surface area contributed by atoms with Crippen LogP contribution < -0.4 is 10.6 Å². The number of benzene rings is 1. The molecule has 2 N–H and O–H groups in total. The van der Waals surface area contributed by atoms with E-state index in [1.165, 1.54) is 37.1 Å². The molecule has 1 aromatic carbocycles. The van der Waals surface area contributed by atoms with Gasteiger partial charge in [-0.1, -0.05) is 29.8 Å². The maximum absolute atomic E-state index is 3.55. The molecular formula is C14H22N2. The van der Waals surface area contributed by atoms with E-state index in [4.69, 9.17) is 0 Å². The topological polar surface area (TPSA) is 24.1 Å². The van der Waals surface area contributed by atoms with Gasteiger partial charge in [0, 0.05) is 6.54 Å². The molecule has 0 spiro atoms. The van der Waals surface area contributed by atoms with Crippen LogP contribution in [0.15, 0.2) is 24.3 Å². The SMILES string of the molecule is Cc1ccc(CNC[C@H]2CCCNC2)cc1. The van der Waals surface area contributed by atoms with Crippen LogP contribution in [0.3, 0.4) is 0 Å². The lowest BCUT2D eigenvalue weighted by atomic mass is 10.00. The highest BCUT2D eigenvalue weighted by atomic mass is 14.9. The largest absolute Gasteiger partial charge is 0.316 e. The minimum atomic E-state index is 0.819. The van der Waals surface area contributed by atoms with E-state index >= 15 is 0 Å². The first-order chi connectivity index (χ1) is 7.84. The number of hydrogen-bond acceptors (Lipinski definition) is 2. The minimum absolute atomic E-state index is 0.819. The first kappa shape index (κ1) is 11.6. The normalized spacial score (nSPS) is 20.9. The monoisotopic (exact) mass is 218 g/mol. The van der Waals surface area contributed by atoms with E-state index in [1.54, 1.807) is 0 Å². The molecule has 0 radical (unpaired) electrons. The Morgan fingerprint density at radius 1 is 1.31 bits per heavy atom. The average Bonchev–Trinajstić information content (AvgIpc) is 2.33. The maximum Gasteiger partial charge on any atom is 0.0205 e. The maximum atomic E-state index is 3.55. The van der Waals surface area contributed by atoms with E-state index in [-0.39, 0.29) is 0 Å². The molecule has 1 aliphatic rings. The van der Waals surface area contributed by atoms with Gasteiger partial charge in [0.25, 0.3) is 0 Å². The predicted octanol–water partition coefficient (Wildman–Crippen LogP) is 2.08.